The SMILES string of the molecule is C[C@@H]1CN([C@@H](C)CO)C(=O)c2cccc(NC(=O)Nc3ccc4c(c3)OCO4)c2O[C@@H]1CN(C)C(=O)Nc1cccc2ccccc12. The van der Waals surface area contributed by atoms with E-state index in [1.54, 1.807) is 55.3 Å². The van der Waals surface area contributed by atoms with Crippen LogP contribution in [-0.2, 0) is 0 Å². The van der Waals surface area contributed by atoms with Gasteiger partial charge in [-0.05, 0) is 42.6 Å². The van der Waals surface area contributed by atoms with E-state index in [-0.39, 0.29) is 61.3 Å². The molecule has 0 saturated heterocycles. The van der Waals surface area contributed by atoms with E-state index in [0.717, 1.165) is 10.8 Å². The second-order valence-corrected chi connectivity index (χ2v) is 11.8. The molecule has 4 aromatic carbocycles. The molecule has 12 heteroatoms. The number of urea groups is 2. The third kappa shape index (κ3) is 6.73. The molecule has 0 spiro atoms. The Morgan fingerprint density at radius 2 is 1.70 bits per heavy atom. The van der Waals surface area contributed by atoms with Crippen LogP contribution in [0.15, 0.2) is 78.9 Å². The van der Waals surface area contributed by atoms with Crippen LogP contribution in [0.3, 0.4) is 0 Å². The second kappa shape index (κ2) is 13.5. The van der Waals surface area contributed by atoms with Crippen LogP contribution in [0.25, 0.3) is 10.8 Å². The highest BCUT2D eigenvalue weighted by Crippen LogP contribution is 2.36. The molecule has 2 aliphatic rings. The summed E-state index contributed by atoms with van der Waals surface area (Å²) in [5.41, 5.74) is 1.67. The van der Waals surface area contributed by atoms with Crippen molar-refractivity contribution in [1.29, 1.82) is 0 Å². The summed E-state index contributed by atoms with van der Waals surface area (Å²) < 4.78 is 17.3. The Morgan fingerprint density at radius 3 is 2.53 bits per heavy atom. The highest BCUT2D eigenvalue weighted by atomic mass is 16.7. The maximum absolute atomic E-state index is 13.8. The van der Waals surface area contributed by atoms with Crippen molar-refractivity contribution in [3.63, 3.8) is 0 Å². The third-order valence-corrected chi connectivity index (χ3v) is 8.40. The highest BCUT2D eigenvalue weighted by molar-refractivity contribution is 6.05. The number of nitrogens with one attached hydrogen (secondary N) is 3. The number of anilines is 3. The van der Waals surface area contributed by atoms with E-state index >= 15 is 0 Å². The molecule has 0 radical (unpaired) electrons. The molecule has 0 fully saturated rings. The number of likely N-dealkylation sites (N-methyl/N-ethyl adjacent to an activating group) is 1. The Kier molecular flexibility index (Phi) is 9.03. The Labute approximate surface area is 272 Å². The normalized spacial score (nSPS) is 17.5. The average Bonchev–Trinajstić information content (AvgIpc) is 3.54. The van der Waals surface area contributed by atoms with Gasteiger partial charge in [0, 0.05) is 36.7 Å². The predicted molar refractivity (Wildman–Crippen MR) is 178 cm³/mol. The number of aliphatic hydroxyl groups is 1. The van der Waals surface area contributed by atoms with Crippen LogP contribution in [-0.4, -0.2) is 78.6 Å². The Hall–Kier alpha value is -5.49. The molecule has 4 aromatic rings. The van der Waals surface area contributed by atoms with Gasteiger partial charge in [-0.1, -0.05) is 49.4 Å². The topological polar surface area (TPSA) is 142 Å². The number of ether oxygens (including phenoxy) is 3. The number of hydrogen-bond acceptors (Lipinski definition) is 7. The fourth-order valence-electron chi connectivity index (χ4n) is 5.72. The van der Waals surface area contributed by atoms with Crippen molar-refractivity contribution in [2.45, 2.75) is 26.0 Å². The molecule has 47 heavy (non-hydrogen) atoms. The molecule has 2 heterocycles. The van der Waals surface area contributed by atoms with E-state index in [1.807, 2.05) is 49.4 Å². The molecule has 12 nitrogen and oxygen atoms in total. The van der Waals surface area contributed by atoms with Crippen molar-refractivity contribution in [1.82, 2.24) is 9.80 Å². The number of aliphatic hydroxyl groups excluding tert-OH is 1. The number of hydrogen-bond donors (Lipinski definition) is 4. The van der Waals surface area contributed by atoms with Crippen molar-refractivity contribution in [3.8, 4) is 17.2 Å². The number of fused-ring (bicyclic) bond motifs is 3. The molecule has 0 aromatic heterocycles. The molecule has 5 amide bonds. The summed E-state index contributed by atoms with van der Waals surface area (Å²) in [7, 11) is 1.68. The van der Waals surface area contributed by atoms with E-state index in [2.05, 4.69) is 16.0 Å². The summed E-state index contributed by atoms with van der Waals surface area (Å²) in [6.07, 6.45) is -0.585. The lowest BCUT2D eigenvalue weighted by Gasteiger charge is -2.38. The van der Waals surface area contributed by atoms with Gasteiger partial charge < -0.3 is 45.1 Å². The summed E-state index contributed by atoms with van der Waals surface area (Å²) >= 11 is 0. The van der Waals surface area contributed by atoms with Crippen molar-refractivity contribution in [3.05, 3.63) is 84.4 Å². The second-order valence-electron chi connectivity index (χ2n) is 11.8. The van der Waals surface area contributed by atoms with Gasteiger partial charge in [0.1, 0.15) is 6.10 Å². The van der Waals surface area contributed by atoms with Gasteiger partial charge >= 0.3 is 12.1 Å². The van der Waals surface area contributed by atoms with Crippen molar-refractivity contribution >= 4 is 45.8 Å². The largest absolute Gasteiger partial charge is 0.485 e. The Balaban J connectivity index is 1.25. The van der Waals surface area contributed by atoms with Gasteiger partial charge in [0.25, 0.3) is 5.91 Å². The quantitative estimate of drug-likeness (QED) is 0.206. The molecule has 0 saturated carbocycles. The fourth-order valence-corrected chi connectivity index (χ4v) is 5.72. The van der Waals surface area contributed by atoms with Gasteiger partial charge in [-0.25, -0.2) is 9.59 Å². The number of carbonyl (C=O) groups is 3. The minimum atomic E-state index is -0.585. The fraction of sp³-hybridized carbons (Fsp3) is 0.286. The number of benzene rings is 4. The van der Waals surface area contributed by atoms with Crippen LogP contribution in [0, 0.1) is 5.92 Å². The van der Waals surface area contributed by atoms with E-state index in [4.69, 9.17) is 14.2 Å². The average molecular weight is 640 g/mol. The van der Waals surface area contributed by atoms with Gasteiger partial charge in [0.2, 0.25) is 6.79 Å². The molecule has 0 aliphatic carbocycles. The lowest BCUT2D eigenvalue weighted by Crippen LogP contribution is -2.50. The maximum Gasteiger partial charge on any atom is 0.323 e. The zero-order chi connectivity index (χ0) is 33.1. The zero-order valence-corrected chi connectivity index (χ0v) is 26.4. The van der Waals surface area contributed by atoms with Crippen LogP contribution < -0.4 is 30.2 Å². The molecular formula is C35H37N5O7. The lowest BCUT2D eigenvalue weighted by atomic mass is 9.99. The first-order valence-electron chi connectivity index (χ1n) is 15.4. The first-order chi connectivity index (χ1) is 22.7. The number of para-hydroxylation sites is 1. The van der Waals surface area contributed by atoms with E-state index in [1.165, 1.54) is 4.90 Å². The van der Waals surface area contributed by atoms with Gasteiger partial charge in [-0.2, -0.15) is 0 Å². The van der Waals surface area contributed by atoms with Crippen molar-refractivity contribution < 1.29 is 33.7 Å². The van der Waals surface area contributed by atoms with Crippen LogP contribution in [0.4, 0.5) is 26.7 Å². The van der Waals surface area contributed by atoms with Gasteiger partial charge in [-0.15, -0.1) is 0 Å². The van der Waals surface area contributed by atoms with E-state index in [0.29, 0.717) is 22.9 Å². The number of carbonyl (C=O) groups excluding carboxylic acids is 3. The third-order valence-electron chi connectivity index (χ3n) is 8.40. The summed E-state index contributed by atoms with van der Waals surface area (Å²) in [4.78, 5) is 43.6. The van der Waals surface area contributed by atoms with Crippen LogP contribution in [0.2, 0.25) is 0 Å². The summed E-state index contributed by atoms with van der Waals surface area (Å²) in [5, 5.41) is 20.5. The van der Waals surface area contributed by atoms with Gasteiger partial charge in [0.15, 0.2) is 17.2 Å². The van der Waals surface area contributed by atoms with Crippen molar-refractivity contribution in [2.75, 3.05) is 49.5 Å². The van der Waals surface area contributed by atoms with E-state index < -0.39 is 18.2 Å². The standard InChI is InChI=1S/C35H37N5O7/c1-21-17-40(22(2)19-41)33(42)26-11-7-13-28(37-34(43)36-24-14-15-29-30(16-24)46-20-45-29)32(26)47-31(21)18-39(3)35(44)38-27-12-6-9-23-8-4-5-10-25(23)27/h4-16,21-22,31,41H,17-20H2,1-3H3,(H,38,44)(H2,36,37,43)/t21-,22+,31-/m1/s1. The maximum atomic E-state index is 13.8. The number of amides is 5. The predicted octanol–water partition coefficient (Wildman–Crippen LogP) is 5.60. The molecule has 3 atom stereocenters. The summed E-state index contributed by atoms with van der Waals surface area (Å²) in [5.74, 6) is 0.682. The van der Waals surface area contributed by atoms with Gasteiger partial charge in [0.05, 0.1) is 36.1 Å². The zero-order valence-electron chi connectivity index (χ0n) is 26.4. The lowest BCUT2D eigenvalue weighted by molar-refractivity contribution is 0.0373. The number of nitrogens with zero attached hydrogens (tertiary/aromatic N) is 2. The van der Waals surface area contributed by atoms with E-state index in [9.17, 15) is 19.5 Å². The Morgan fingerprint density at radius 1 is 0.957 bits per heavy atom. The molecule has 244 valence electrons. The molecule has 4 N–H and O–H groups in total. The highest BCUT2D eigenvalue weighted by Gasteiger charge is 2.35. The molecular weight excluding hydrogens is 602 g/mol. The minimum Gasteiger partial charge on any atom is -0.485 e. The molecule has 0 bridgehead atoms. The summed E-state index contributed by atoms with van der Waals surface area (Å²) in [6.45, 7) is 4.03. The molecule has 0 unspecified atom stereocenters. The number of rotatable bonds is 7. The van der Waals surface area contributed by atoms with Crippen LogP contribution in [0.5, 0.6) is 17.2 Å². The minimum absolute atomic E-state index is 0.109. The Bertz CT molecular complexity index is 1810. The smallest absolute Gasteiger partial charge is 0.323 e. The first-order valence-corrected chi connectivity index (χ1v) is 15.4. The van der Waals surface area contributed by atoms with Crippen LogP contribution >= 0.6 is 0 Å². The monoisotopic (exact) mass is 639 g/mol. The molecule has 6 rings (SSSR count). The van der Waals surface area contributed by atoms with Gasteiger partial charge in [-0.3, -0.25) is 4.79 Å². The molecule has 2 aliphatic heterocycles. The summed E-state index contributed by atoms with van der Waals surface area (Å²) in [6, 6.07) is 22.1. The first kappa shape index (κ1) is 31.5. The van der Waals surface area contributed by atoms with Crippen LogP contribution in [0.1, 0.15) is 24.2 Å². The van der Waals surface area contributed by atoms with Crippen molar-refractivity contribution in [2.24, 2.45) is 5.92 Å².